The average molecular weight is 357 g/mol. The van der Waals surface area contributed by atoms with Crippen LogP contribution in [-0.4, -0.2) is 49.3 Å². The number of nitrogens with zero attached hydrogens (tertiary/aromatic N) is 2. The maximum atomic E-state index is 12.4. The van der Waals surface area contributed by atoms with Crippen LogP contribution in [0, 0.1) is 0 Å². The number of likely N-dealkylation sites (tertiary alicyclic amines) is 1. The summed E-state index contributed by atoms with van der Waals surface area (Å²) < 4.78 is 16.3. The molecule has 1 saturated heterocycles. The minimum absolute atomic E-state index is 0.00402. The third-order valence-electron chi connectivity index (χ3n) is 4.26. The Morgan fingerprint density at radius 3 is 2.65 bits per heavy atom. The van der Waals surface area contributed by atoms with Crippen molar-refractivity contribution in [1.82, 2.24) is 9.88 Å². The van der Waals surface area contributed by atoms with E-state index in [-0.39, 0.29) is 12.1 Å². The number of hydrogen-bond donors (Lipinski definition) is 1. The number of nitrogens with one attached hydrogen (secondary N) is 1. The Bertz CT molecular complexity index is 775. The molecule has 2 aromatic rings. The highest BCUT2D eigenvalue weighted by atomic mass is 16.5. The molecule has 1 aliphatic heterocycles. The zero-order valence-electron chi connectivity index (χ0n) is 15.2. The fourth-order valence-electron chi connectivity index (χ4n) is 2.75. The molecule has 26 heavy (non-hydrogen) atoms. The van der Waals surface area contributed by atoms with Gasteiger partial charge in [0.15, 0.2) is 0 Å². The van der Waals surface area contributed by atoms with Crippen molar-refractivity contribution in [2.24, 2.45) is 0 Å². The molecule has 0 bridgehead atoms. The molecular weight excluding hydrogens is 334 g/mol. The van der Waals surface area contributed by atoms with Gasteiger partial charge in [-0.05, 0) is 24.1 Å². The number of benzene rings is 1. The third kappa shape index (κ3) is 3.82. The van der Waals surface area contributed by atoms with Gasteiger partial charge in [-0.3, -0.25) is 0 Å². The minimum atomic E-state index is -0.209. The van der Waals surface area contributed by atoms with Gasteiger partial charge in [-0.1, -0.05) is 25.1 Å². The van der Waals surface area contributed by atoms with E-state index in [1.54, 1.807) is 17.0 Å². The highest BCUT2D eigenvalue weighted by Crippen LogP contribution is 2.27. The van der Waals surface area contributed by atoms with Crippen LogP contribution >= 0.6 is 0 Å². The predicted molar refractivity (Wildman–Crippen MR) is 98.2 cm³/mol. The van der Waals surface area contributed by atoms with E-state index < -0.39 is 0 Å². The fourth-order valence-corrected chi connectivity index (χ4v) is 2.75. The number of aromatic nitrogens is 1. The number of carbonyl (C=O) groups excluding carboxylic acids is 1. The van der Waals surface area contributed by atoms with Crippen LogP contribution in [-0.2, 0) is 6.42 Å². The normalized spacial score (nSPS) is 13.7. The van der Waals surface area contributed by atoms with Gasteiger partial charge in [0.1, 0.15) is 17.5 Å². The summed E-state index contributed by atoms with van der Waals surface area (Å²) in [4.78, 5) is 18.2. The van der Waals surface area contributed by atoms with Crippen molar-refractivity contribution in [2.45, 2.75) is 19.4 Å². The van der Waals surface area contributed by atoms with E-state index in [4.69, 9.17) is 14.2 Å². The number of para-hydroxylation sites is 1. The zero-order chi connectivity index (χ0) is 18.5. The lowest BCUT2D eigenvalue weighted by Gasteiger charge is -2.39. The first-order valence-corrected chi connectivity index (χ1v) is 8.54. The minimum Gasteiger partial charge on any atom is -0.486 e. The van der Waals surface area contributed by atoms with Crippen LogP contribution in [0.15, 0.2) is 36.4 Å². The maximum absolute atomic E-state index is 12.4. The molecule has 2 heterocycles. The molecule has 1 N–H and O–H groups in total. The number of methoxy groups -OCH3 is 2. The second-order valence-corrected chi connectivity index (χ2v) is 5.95. The third-order valence-corrected chi connectivity index (χ3v) is 4.26. The quantitative estimate of drug-likeness (QED) is 0.860. The van der Waals surface area contributed by atoms with Gasteiger partial charge in [0.05, 0.1) is 27.3 Å². The second kappa shape index (κ2) is 7.95. The molecule has 0 spiro atoms. The summed E-state index contributed by atoms with van der Waals surface area (Å²) in [5.41, 5.74) is 1.67. The van der Waals surface area contributed by atoms with Crippen molar-refractivity contribution in [3.05, 3.63) is 42.0 Å². The summed E-state index contributed by atoms with van der Waals surface area (Å²) >= 11 is 0. The molecule has 3 rings (SSSR count). The van der Waals surface area contributed by atoms with Crippen LogP contribution < -0.4 is 19.5 Å². The molecule has 0 radical (unpaired) electrons. The Labute approximate surface area is 152 Å². The van der Waals surface area contributed by atoms with E-state index in [1.165, 1.54) is 19.8 Å². The first kappa shape index (κ1) is 17.8. The lowest BCUT2D eigenvalue weighted by atomic mass is 10.1. The van der Waals surface area contributed by atoms with Gasteiger partial charge in [-0.15, -0.1) is 0 Å². The van der Waals surface area contributed by atoms with E-state index in [0.29, 0.717) is 30.5 Å². The Hall–Kier alpha value is -2.96. The second-order valence-electron chi connectivity index (χ2n) is 5.95. The Morgan fingerprint density at radius 1 is 1.19 bits per heavy atom. The molecule has 0 saturated carbocycles. The molecule has 0 aliphatic carbocycles. The fraction of sp³-hybridized carbons (Fsp3) is 0.368. The SMILES string of the molecule is CCc1ccccc1OC1CN(C(=O)Nc2ccc(OC)nc2OC)C1. The van der Waals surface area contributed by atoms with Gasteiger partial charge in [-0.2, -0.15) is 4.98 Å². The summed E-state index contributed by atoms with van der Waals surface area (Å²) in [6.07, 6.45) is 0.918. The van der Waals surface area contributed by atoms with E-state index in [2.05, 4.69) is 23.3 Å². The molecule has 7 heteroatoms. The highest BCUT2D eigenvalue weighted by molar-refractivity contribution is 5.91. The Kier molecular flexibility index (Phi) is 5.46. The van der Waals surface area contributed by atoms with Gasteiger partial charge < -0.3 is 24.4 Å². The topological polar surface area (TPSA) is 72.9 Å². The number of ether oxygens (including phenoxy) is 3. The maximum Gasteiger partial charge on any atom is 0.322 e. The number of pyridine rings is 1. The van der Waals surface area contributed by atoms with Crippen LogP contribution in [0.5, 0.6) is 17.5 Å². The van der Waals surface area contributed by atoms with Gasteiger partial charge in [0.2, 0.25) is 11.8 Å². The van der Waals surface area contributed by atoms with Crippen molar-refractivity contribution in [2.75, 3.05) is 32.6 Å². The zero-order valence-corrected chi connectivity index (χ0v) is 15.2. The molecule has 138 valence electrons. The summed E-state index contributed by atoms with van der Waals surface area (Å²) in [6, 6.07) is 11.1. The van der Waals surface area contributed by atoms with Crippen molar-refractivity contribution >= 4 is 11.7 Å². The lowest BCUT2D eigenvalue weighted by molar-refractivity contribution is 0.0486. The number of hydrogen-bond acceptors (Lipinski definition) is 5. The first-order chi connectivity index (χ1) is 12.6. The van der Waals surface area contributed by atoms with Crippen LogP contribution in [0.4, 0.5) is 10.5 Å². The van der Waals surface area contributed by atoms with E-state index >= 15 is 0 Å². The van der Waals surface area contributed by atoms with Crippen molar-refractivity contribution < 1.29 is 19.0 Å². The average Bonchev–Trinajstić information content (AvgIpc) is 2.64. The van der Waals surface area contributed by atoms with E-state index in [1.807, 2.05) is 18.2 Å². The largest absolute Gasteiger partial charge is 0.486 e. The highest BCUT2D eigenvalue weighted by Gasteiger charge is 2.33. The van der Waals surface area contributed by atoms with Gasteiger partial charge in [-0.25, -0.2) is 4.79 Å². The van der Waals surface area contributed by atoms with Crippen LogP contribution in [0.2, 0.25) is 0 Å². The summed E-state index contributed by atoms with van der Waals surface area (Å²) in [5, 5.41) is 2.81. The number of anilines is 1. The molecule has 1 aliphatic rings. The van der Waals surface area contributed by atoms with E-state index in [9.17, 15) is 4.79 Å². The number of aryl methyl sites for hydroxylation is 1. The van der Waals surface area contributed by atoms with Crippen LogP contribution in [0.1, 0.15) is 12.5 Å². The van der Waals surface area contributed by atoms with Gasteiger partial charge in [0.25, 0.3) is 0 Å². The summed E-state index contributed by atoms with van der Waals surface area (Å²) in [5.74, 6) is 1.62. The molecule has 0 atom stereocenters. The monoisotopic (exact) mass is 357 g/mol. The van der Waals surface area contributed by atoms with Crippen LogP contribution in [0.3, 0.4) is 0 Å². The lowest BCUT2D eigenvalue weighted by Crippen LogP contribution is -2.57. The number of amides is 2. The molecular formula is C19H23N3O4. The number of urea groups is 1. The standard InChI is InChI=1S/C19H23N3O4/c1-4-13-7-5-6-8-16(13)26-14-11-22(12-14)19(23)20-15-9-10-17(24-2)21-18(15)25-3/h5-10,14H,4,11-12H2,1-3H3,(H,20,23). The predicted octanol–water partition coefficient (Wildman–Crippen LogP) is 2.96. The number of rotatable bonds is 6. The summed E-state index contributed by atoms with van der Waals surface area (Å²) in [6.45, 7) is 3.17. The van der Waals surface area contributed by atoms with Crippen molar-refractivity contribution in [1.29, 1.82) is 0 Å². The first-order valence-electron chi connectivity index (χ1n) is 8.54. The molecule has 1 aromatic carbocycles. The van der Waals surface area contributed by atoms with Gasteiger partial charge in [0, 0.05) is 6.07 Å². The van der Waals surface area contributed by atoms with Crippen LogP contribution in [0.25, 0.3) is 0 Å². The Balaban J connectivity index is 1.55. The van der Waals surface area contributed by atoms with E-state index in [0.717, 1.165) is 12.2 Å². The summed E-state index contributed by atoms with van der Waals surface area (Å²) in [7, 11) is 3.02. The van der Waals surface area contributed by atoms with Crippen molar-refractivity contribution in [3.63, 3.8) is 0 Å². The van der Waals surface area contributed by atoms with Crippen molar-refractivity contribution in [3.8, 4) is 17.5 Å². The Morgan fingerprint density at radius 2 is 1.96 bits per heavy atom. The smallest absolute Gasteiger partial charge is 0.322 e. The molecule has 2 amide bonds. The molecule has 0 unspecified atom stereocenters. The van der Waals surface area contributed by atoms with Gasteiger partial charge >= 0.3 is 6.03 Å². The molecule has 1 fully saturated rings. The number of carbonyl (C=O) groups is 1. The molecule has 1 aromatic heterocycles. The molecule has 7 nitrogen and oxygen atoms in total.